The maximum absolute atomic E-state index is 12.1. The van der Waals surface area contributed by atoms with Gasteiger partial charge in [-0.05, 0) is 0 Å². The van der Waals surface area contributed by atoms with Gasteiger partial charge in [-0.25, -0.2) is 9.59 Å². The molecule has 2 saturated heterocycles. The molecule has 2 amide bonds. The molecule has 2 aliphatic heterocycles. The summed E-state index contributed by atoms with van der Waals surface area (Å²) in [6.07, 6.45) is -2.87. The van der Waals surface area contributed by atoms with Gasteiger partial charge in [-0.3, -0.25) is 0 Å². The number of carbonyl (C=O) groups excluding carboxylic acids is 1. The summed E-state index contributed by atoms with van der Waals surface area (Å²) in [5.74, 6) is -1.17. The number of aliphatic hydroxyl groups is 3. The van der Waals surface area contributed by atoms with Crippen LogP contribution in [0.5, 0.6) is 0 Å². The summed E-state index contributed by atoms with van der Waals surface area (Å²) in [6, 6.07) is -1.63. The van der Waals surface area contributed by atoms with E-state index in [9.17, 15) is 24.9 Å². The van der Waals surface area contributed by atoms with Crippen molar-refractivity contribution in [2.24, 2.45) is 0 Å². The van der Waals surface area contributed by atoms with Crippen LogP contribution in [0.15, 0.2) is 0 Å². The van der Waals surface area contributed by atoms with Gasteiger partial charge in [0, 0.05) is 13.0 Å². The van der Waals surface area contributed by atoms with E-state index in [1.807, 2.05) is 0 Å². The number of hydrogen-bond acceptors (Lipinski definition) is 5. The maximum Gasteiger partial charge on any atom is 0.326 e. The molecule has 2 rings (SSSR count). The van der Waals surface area contributed by atoms with Crippen LogP contribution in [-0.2, 0) is 4.79 Å². The van der Waals surface area contributed by atoms with Gasteiger partial charge in [0.15, 0.2) is 0 Å². The van der Waals surface area contributed by atoms with Crippen molar-refractivity contribution in [1.82, 2.24) is 9.80 Å². The molecule has 0 aliphatic carbocycles. The first-order valence-electron chi connectivity index (χ1n) is 5.72. The van der Waals surface area contributed by atoms with E-state index in [1.54, 1.807) is 0 Å². The molecule has 0 bridgehead atoms. The monoisotopic (exact) mass is 260 g/mol. The summed E-state index contributed by atoms with van der Waals surface area (Å²) < 4.78 is 0. The van der Waals surface area contributed by atoms with Gasteiger partial charge in [0.1, 0.15) is 6.04 Å². The molecule has 8 heteroatoms. The Kier molecular flexibility index (Phi) is 3.42. The van der Waals surface area contributed by atoms with E-state index in [4.69, 9.17) is 5.11 Å². The van der Waals surface area contributed by atoms with Crippen LogP contribution < -0.4 is 0 Å². The Labute approximate surface area is 103 Å². The van der Waals surface area contributed by atoms with Gasteiger partial charge in [0.25, 0.3) is 0 Å². The number of likely N-dealkylation sites (tertiary alicyclic amines) is 2. The second-order valence-electron chi connectivity index (χ2n) is 4.72. The third-order valence-electron chi connectivity index (χ3n) is 3.34. The number of carbonyl (C=O) groups is 2. The number of aliphatic hydroxyl groups excluding tert-OH is 3. The van der Waals surface area contributed by atoms with Gasteiger partial charge in [0.2, 0.25) is 0 Å². The molecule has 8 nitrogen and oxygen atoms in total. The predicted octanol–water partition coefficient (Wildman–Crippen LogP) is -2.34. The van der Waals surface area contributed by atoms with Crippen molar-refractivity contribution in [3.8, 4) is 0 Å². The largest absolute Gasteiger partial charge is 0.480 e. The average Bonchev–Trinajstić information content (AvgIpc) is 2.82. The van der Waals surface area contributed by atoms with E-state index in [-0.39, 0.29) is 26.1 Å². The summed E-state index contributed by atoms with van der Waals surface area (Å²) in [5, 5.41) is 37.1. The fourth-order valence-electron chi connectivity index (χ4n) is 2.37. The Morgan fingerprint density at radius 3 is 2.06 bits per heavy atom. The Bertz CT molecular complexity index is 352. The minimum atomic E-state index is -1.17. The molecule has 18 heavy (non-hydrogen) atoms. The maximum atomic E-state index is 12.1. The summed E-state index contributed by atoms with van der Waals surface area (Å²) in [7, 11) is 0. The number of hydrogen-bond donors (Lipinski definition) is 4. The first kappa shape index (κ1) is 13.1. The molecule has 0 aromatic heterocycles. The number of rotatable bonds is 1. The Morgan fingerprint density at radius 2 is 1.56 bits per heavy atom. The molecule has 0 aromatic rings. The fraction of sp³-hybridized carbons (Fsp3) is 0.800. The number of carboxylic acid groups (broad SMARTS) is 1. The number of carboxylic acids is 1. The molecular weight excluding hydrogens is 244 g/mol. The third kappa shape index (κ3) is 2.26. The summed E-state index contributed by atoms with van der Waals surface area (Å²) in [5.41, 5.74) is 0. The van der Waals surface area contributed by atoms with Crippen LogP contribution in [0, 0.1) is 0 Å². The fourth-order valence-corrected chi connectivity index (χ4v) is 2.37. The zero-order chi connectivity index (χ0) is 13.4. The Balaban J connectivity index is 2.06. The minimum absolute atomic E-state index is 0.0000203. The van der Waals surface area contributed by atoms with Crippen LogP contribution in [-0.4, -0.2) is 86.2 Å². The van der Waals surface area contributed by atoms with E-state index < -0.39 is 36.4 Å². The lowest BCUT2D eigenvalue weighted by Gasteiger charge is -2.26. The normalized spacial score (nSPS) is 36.2. The zero-order valence-corrected chi connectivity index (χ0v) is 9.64. The first-order valence-corrected chi connectivity index (χ1v) is 5.72. The van der Waals surface area contributed by atoms with Crippen molar-refractivity contribution >= 4 is 12.0 Å². The molecule has 2 fully saturated rings. The van der Waals surface area contributed by atoms with Gasteiger partial charge in [-0.15, -0.1) is 0 Å². The van der Waals surface area contributed by atoms with Crippen molar-refractivity contribution in [3.63, 3.8) is 0 Å². The van der Waals surface area contributed by atoms with Gasteiger partial charge in [-0.1, -0.05) is 0 Å². The standard InChI is InChI=1S/C10H16N2O6/c13-5-1-6(9(16)17)12(2-5)10(18)11-3-7(14)8(15)4-11/h5-8,13-15H,1-4H2,(H,16,17). The Morgan fingerprint density at radius 1 is 1.00 bits per heavy atom. The lowest BCUT2D eigenvalue weighted by atomic mass is 10.2. The molecule has 2 aliphatic rings. The summed E-state index contributed by atoms with van der Waals surface area (Å²) >= 11 is 0. The number of amides is 2. The van der Waals surface area contributed by atoms with Gasteiger partial charge < -0.3 is 30.2 Å². The minimum Gasteiger partial charge on any atom is -0.480 e. The second kappa shape index (κ2) is 4.71. The quantitative estimate of drug-likeness (QED) is 0.419. The topological polar surface area (TPSA) is 122 Å². The highest BCUT2D eigenvalue weighted by atomic mass is 16.4. The lowest BCUT2D eigenvalue weighted by molar-refractivity contribution is -0.141. The summed E-state index contributed by atoms with van der Waals surface area (Å²) in [4.78, 5) is 25.3. The van der Waals surface area contributed by atoms with E-state index >= 15 is 0 Å². The van der Waals surface area contributed by atoms with E-state index in [1.165, 1.54) is 4.90 Å². The molecule has 0 spiro atoms. The smallest absolute Gasteiger partial charge is 0.326 e. The molecule has 4 unspecified atom stereocenters. The van der Waals surface area contributed by atoms with Crippen LogP contribution in [0.4, 0.5) is 4.79 Å². The molecule has 0 saturated carbocycles. The second-order valence-corrected chi connectivity index (χ2v) is 4.72. The van der Waals surface area contributed by atoms with Crippen molar-refractivity contribution in [1.29, 1.82) is 0 Å². The summed E-state index contributed by atoms with van der Waals surface area (Å²) in [6.45, 7) is -0.101. The van der Waals surface area contributed by atoms with Crippen molar-refractivity contribution in [3.05, 3.63) is 0 Å². The van der Waals surface area contributed by atoms with Crippen LogP contribution >= 0.6 is 0 Å². The van der Waals surface area contributed by atoms with Gasteiger partial charge in [0.05, 0.1) is 31.4 Å². The molecular formula is C10H16N2O6. The van der Waals surface area contributed by atoms with Crippen LogP contribution in [0.2, 0.25) is 0 Å². The number of β-amino-alcohol motifs (C(OH)–C–C–N with tert-alkyl or cyclic N) is 3. The van der Waals surface area contributed by atoms with Crippen LogP contribution in [0.3, 0.4) is 0 Å². The predicted molar refractivity (Wildman–Crippen MR) is 57.7 cm³/mol. The lowest BCUT2D eigenvalue weighted by Crippen LogP contribution is -2.47. The van der Waals surface area contributed by atoms with E-state index in [0.717, 1.165) is 4.90 Å². The highest BCUT2D eigenvalue weighted by Gasteiger charge is 2.43. The SMILES string of the molecule is O=C(O)C1CC(O)CN1C(=O)N1CC(O)C(O)C1. The van der Waals surface area contributed by atoms with Crippen LogP contribution in [0.1, 0.15) is 6.42 Å². The Hall–Kier alpha value is -1.38. The molecule has 4 N–H and O–H groups in total. The molecule has 0 aromatic carbocycles. The van der Waals surface area contributed by atoms with E-state index in [0.29, 0.717) is 0 Å². The van der Waals surface area contributed by atoms with Crippen molar-refractivity contribution in [2.75, 3.05) is 19.6 Å². The zero-order valence-electron chi connectivity index (χ0n) is 9.64. The molecule has 4 atom stereocenters. The highest BCUT2D eigenvalue weighted by molar-refractivity contribution is 5.83. The molecule has 2 heterocycles. The number of aliphatic carboxylic acids is 1. The highest BCUT2D eigenvalue weighted by Crippen LogP contribution is 2.22. The van der Waals surface area contributed by atoms with Gasteiger partial charge >= 0.3 is 12.0 Å². The number of urea groups is 1. The molecule has 0 radical (unpaired) electrons. The third-order valence-corrected chi connectivity index (χ3v) is 3.34. The van der Waals surface area contributed by atoms with E-state index in [2.05, 4.69) is 0 Å². The van der Waals surface area contributed by atoms with Gasteiger partial charge in [-0.2, -0.15) is 0 Å². The number of nitrogens with zero attached hydrogens (tertiary/aromatic N) is 2. The first-order chi connectivity index (χ1) is 8.40. The average molecular weight is 260 g/mol. The van der Waals surface area contributed by atoms with Crippen LogP contribution in [0.25, 0.3) is 0 Å². The molecule has 102 valence electrons. The van der Waals surface area contributed by atoms with Crippen molar-refractivity contribution in [2.45, 2.75) is 30.8 Å². The van der Waals surface area contributed by atoms with Crippen molar-refractivity contribution < 1.29 is 30.0 Å².